The first-order valence-electron chi connectivity index (χ1n) is 12.4. The fraction of sp³-hybridized carbons (Fsp3) is 0.833. The summed E-state index contributed by atoms with van der Waals surface area (Å²) in [5, 5.41) is 8.59. The summed E-state index contributed by atoms with van der Waals surface area (Å²) in [5.41, 5.74) is 0.714. The number of hydrogen-bond donors (Lipinski definition) is 1. The van der Waals surface area contributed by atoms with Crippen molar-refractivity contribution < 1.29 is 32.9 Å². The Morgan fingerprint density at radius 3 is 2.66 bits per heavy atom. The molecule has 1 aromatic heterocycles. The van der Waals surface area contributed by atoms with E-state index in [4.69, 9.17) is 18.7 Å². The molecule has 2 unspecified atom stereocenters. The lowest BCUT2D eigenvalue weighted by atomic mass is 10.1. The van der Waals surface area contributed by atoms with Gasteiger partial charge in [0.15, 0.2) is 0 Å². The molecular formula is C24H48N4O6P+. The number of quaternary nitrogens is 1. The Bertz CT molecular complexity index is 799. The van der Waals surface area contributed by atoms with Gasteiger partial charge in [-0.1, -0.05) is 25.4 Å². The van der Waals surface area contributed by atoms with E-state index >= 15 is 0 Å². The van der Waals surface area contributed by atoms with Gasteiger partial charge < -0.3 is 28.1 Å². The summed E-state index contributed by atoms with van der Waals surface area (Å²) in [6.07, 6.45) is 8.39. The van der Waals surface area contributed by atoms with Crippen LogP contribution >= 0.6 is 7.34 Å². The summed E-state index contributed by atoms with van der Waals surface area (Å²) in [5.74, 6) is -0.288. The zero-order valence-electron chi connectivity index (χ0n) is 22.9. The highest BCUT2D eigenvalue weighted by Crippen LogP contribution is 2.42. The Labute approximate surface area is 211 Å². The highest BCUT2D eigenvalue weighted by atomic mass is 31.2. The third-order valence-electron chi connectivity index (χ3n) is 5.58. The second-order valence-electron chi connectivity index (χ2n) is 10.3. The Hall–Kier alpha value is -1.29. The number of esters is 1. The molecule has 35 heavy (non-hydrogen) atoms. The van der Waals surface area contributed by atoms with Crippen molar-refractivity contribution in [2.24, 2.45) is 0 Å². The van der Waals surface area contributed by atoms with Crippen LogP contribution in [0.2, 0.25) is 0 Å². The number of likely N-dealkylation sites (N-methyl/N-ethyl adjacent to an activating group) is 1. The standard InChI is InChI=1S/C24H48N4O6P/c1-9-15-32-24(3,4)12-13-27-18-21(25-26-27)19-28(5,6)14-16-33-35(8,30)17-11-22(20-31-7)34-23(29)10-2/h18,22,30H,8-17,19-20H2,1-7H3/q+1. The molecule has 11 heteroatoms. The van der Waals surface area contributed by atoms with E-state index in [0.29, 0.717) is 43.2 Å². The molecule has 1 heterocycles. The minimum Gasteiger partial charge on any atom is -0.460 e. The molecule has 0 aromatic carbocycles. The second-order valence-corrected chi connectivity index (χ2v) is 12.7. The second kappa shape index (κ2) is 15.1. The van der Waals surface area contributed by atoms with Crippen LogP contribution in [0.4, 0.5) is 0 Å². The van der Waals surface area contributed by atoms with Crippen molar-refractivity contribution in [1.82, 2.24) is 15.0 Å². The average Bonchev–Trinajstić information content (AvgIpc) is 3.21. The summed E-state index contributed by atoms with van der Waals surface area (Å²) in [6, 6.07) is 0. The summed E-state index contributed by atoms with van der Waals surface area (Å²) in [7, 11) is 2.90. The van der Waals surface area contributed by atoms with Crippen molar-refractivity contribution >= 4 is 19.6 Å². The van der Waals surface area contributed by atoms with Crippen molar-refractivity contribution in [2.45, 2.75) is 78.2 Å². The van der Waals surface area contributed by atoms with Crippen LogP contribution in [0.5, 0.6) is 0 Å². The molecule has 0 saturated heterocycles. The largest absolute Gasteiger partial charge is 0.460 e. The number of aromatic nitrogens is 3. The number of ether oxygens (including phenoxy) is 3. The Morgan fingerprint density at radius 1 is 1.31 bits per heavy atom. The molecule has 0 fully saturated rings. The monoisotopic (exact) mass is 519 g/mol. The van der Waals surface area contributed by atoms with Gasteiger partial charge in [-0.15, -0.1) is 5.10 Å². The number of nitrogens with zero attached hydrogens (tertiary/aromatic N) is 4. The quantitative estimate of drug-likeness (QED) is 0.169. The highest BCUT2D eigenvalue weighted by Gasteiger charge is 2.23. The summed E-state index contributed by atoms with van der Waals surface area (Å²) >= 11 is 0. The maximum atomic E-state index is 11.6. The van der Waals surface area contributed by atoms with E-state index < -0.39 is 13.4 Å². The van der Waals surface area contributed by atoms with Crippen LogP contribution in [-0.4, -0.2) is 102 Å². The summed E-state index contributed by atoms with van der Waals surface area (Å²) in [6.45, 7) is 11.6. The molecule has 0 saturated carbocycles. The predicted molar refractivity (Wildman–Crippen MR) is 139 cm³/mol. The molecule has 0 aliphatic rings. The van der Waals surface area contributed by atoms with E-state index in [9.17, 15) is 9.69 Å². The normalized spacial score (nSPS) is 15.1. The van der Waals surface area contributed by atoms with Crippen molar-refractivity contribution in [3.05, 3.63) is 11.9 Å². The molecule has 0 amide bonds. The minimum atomic E-state index is -2.82. The van der Waals surface area contributed by atoms with Gasteiger partial charge in [-0.2, -0.15) is 0 Å². The number of methoxy groups -OCH3 is 1. The zero-order chi connectivity index (χ0) is 26.5. The molecule has 0 spiro atoms. The van der Waals surface area contributed by atoms with E-state index in [-0.39, 0.29) is 18.2 Å². The van der Waals surface area contributed by atoms with Crippen LogP contribution in [0.15, 0.2) is 6.20 Å². The predicted octanol–water partition coefficient (Wildman–Crippen LogP) is 3.10. The molecular weight excluding hydrogens is 471 g/mol. The van der Waals surface area contributed by atoms with Gasteiger partial charge in [0.2, 0.25) is 0 Å². The van der Waals surface area contributed by atoms with Crippen molar-refractivity contribution in [1.29, 1.82) is 0 Å². The lowest BCUT2D eigenvalue weighted by Crippen LogP contribution is -2.41. The lowest BCUT2D eigenvalue weighted by molar-refractivity contribution is -0.903. The SMILES string of the molecule is C=P(O)(CCC(COC)OC(=O)CC)OCC[N+](C)(C)Cc1cn(CCC(C)(C)OCCC)nn1. The van der Waals surface area contributed by atoms with Gasteiger partial charge in [0.1, 0.15) is 38.8 Å². The van der Waals surface area contributed by atoms with Crippen molar-refractivity contribution in [2.75, 3.05) is 53.7 Å². The number of aryl methyl sites for hydroxylation is 1. The van der Waals surface area contributed by atoms with E-state index in [1.54, 1.807) is 14.0 Å². The fourth-order valence-electron chi connectivity index (χ4n) is 3.37. The average molecular weight is 520 g/mol. The van der Waals surface area contributed by atoms with Gasteiger partial charge in [0.05, 0.1) is 32.5 Å². The van der Waals surface area contributed by atoms with Gasteiger partial charge in [0, 0.05) is 32.8 Å². The minimum absolute atomic E-state index is 0.190. The van der Waals surface area contributed by atoms with E-state index in [1.807, 2.05) is 10.9 Å². The first-order chi connectivity index (χ1) is 16.3. The van der Waals surface area contributed by atoms with Gasteiger partial charge in [-0.25, -0.2) is 0 Å². The van der Waals surface area contributed by atoms with Crippen LogP contribution in [0.3, 0.4) is 0 Å². The maximum absolute atomic E-state index is 11.6. The van der Waals surface area contributed by atoms with Gasteiger partial charge >= 0.3 is 5.97 Å². The van der Waals surface area contributed by atoms with Gasteiger partial charge in [-0.3, -0.25) is 9.48 Å². The van der Waals surface area contributed by atoms with Crippen LogP contribution in [0, 0.1) is 0 Å². The molecule has 1 aromatic rings. The number of hydrogen-bond acceptors (Lipinski definition) is 8. The molecule has 1 N–H and O–H groups in total. The zero-order valence-corrected chi connectivity index (χ0v) is 23.8. The van der Waals surface area contributed by atoms with Gasteiger partial charge in [-0.05, 0) is 33.1 Å². The number of carbonyl (C=O) groups excluding carboxylic acids is 1. The number of carbonyl (C=O) groups is 1. The van der Waals surface area contributed by atoms with Gasteiger partial charge in [0.25, 0.3) is 0 Å². The summed E-state index contributed by atoms with van der Waals surface area (Å²) < 4.78 is 24.6. The fourth-order valence-corrected chi connectivity index (χ4v) is 4.61. The smallest absolute Gasteiger partial charge is 0.305 e. The van der Waals surface area contributed by atoms with Crippen LogP contribution < -0.4 is 0 Å². The molecule has 0 aliphatic heterocycles. The van der Waals surface area contributed by atoms with Crippen LogP contribution in [0.1, 0.15) is 59.1 Å². The van der Waals surface area contributed by atoms with E-state index in [0.717, 1.165) is 31.7 Å². The molecule has 1 rings (SSSR count). The lowest BCUT2D eigenvalue weighted by Gasteiger charge is -2.30. The maximum Gasteiger partial charge on any atom is 0.305 e. The molecule has 204 valence electrons. The molecule has 0 radical (unpaired) electrons. The van der Waals surface area contributed by atoms with Crippen LogP contribution in [0.25, 0.3) is 0 Å². The molecule has 0 aliphatic carbocycles. The molecule has 2 atom stereocenters. The first-order valence-corrected chi connectivity index (χ1v) is 14.5. The van der Waals surface area contributed by atoms with E-state index in [2.05, 4.69) is 51.5 Å². The third-order valence-corrected chi connectivity index (χ3v) is 7.20. The van der Waals surface area contributed by atoms with Crippen LogP contribution in [-0.2, 0) is 36.6 Å². The van der Waals surface area contributed by atoms with E-state index in [1.165, 1.54) is 0 Å². The molecule has 10 nitrogen and oxygen atoms in total. The topological polar surface area (TPSA) is 105 Å². The Kier molecular flexibility index (Phi) is 13.7. The first kappa shape index (κ1) is 31.7. The van der Waals surface area contributed by atoms with Crippen molar-refractivity contribution in [3.63, 3.8) is 0 Å². The Balaban J connectivity index is 2.47. The van der Waals surface area contributed by atoms with Crippen molar-refractivity contribution in [3.8, 4) is 0 Å². The highest BCUT2D eigenvalue weighted by molar-refractivity contribution is 7.63. The summed E-state index contributed by atoms with van der Waals surface area (Å²) in [4.78, 5) is 22.2. The number of rotatable bonds is 19. The Morgan fingerprint density at radius 2 is 2.03 bits per heavy atom. The molecule has 0 bridgehead atoms. The third kappa shape index (κ3) is 14.1.